The van der Waals surface area contributed by atoms with Gasteiger partial charge in [-0.3, -0.25) is 0 Å². The number of hydrogen-bond acceptors (Lipinski definition) is 3. The minimum Gasteiger partial charge on any atom is -0.317 e. The maximum atomic E-state index is 6.58. The fraction of sp³-hybridized carbons (Fsp3) is 0.500. The Labute approximate surface area is 162 Å². The van der Waals surface area contributed by atoms with Crippen molar-refractivity contribution in [2.45, 2.75) is 44.9 Å². The SMILES string of the molecule is CCC(C)Cc1nccc(C2(c3ccccc3Cl)CCNCC2)n1.Cl. The van der Waals surface area contributed by atoms with Gasteiger partial charge >= 0.3 is 0 Å². The van der Waals surface area contributed by atoms with Gasteiger partial charge in [-0.1, -0.05) is 50.1 Å². The molecule has 5 heteroatoms. The van der Waals surface area contributed by atoms with Crippen LogP contribution in [0.3, 0.4) is 0 Å². The molecule has 1 aromatic carbocycles. The summed E-state index contributed by atoms with van der Waals surface area (Å²) in [7, 11) is 0. The largest absolute Gasteiger partial charge is 0.317 e. The van der Waals surface area contributed by atoms with E-state index in [4.69, 9.17) is 16.6 Å². The van der Waals surface area contributed by atoms with Crippen LogP contribution in [0.1, 0.15) is 50.2 Å². The smallest absolute Gasteiger partial charge is 0.128 e. The van der Waals surface area contributed by atoms with Crippen molar-refractivity contribution in [2.75, 3.05) is 13.1 Å². The quantitative estimate of drug-likeness (QED) is 0.809. The van der Waals surface area contributed by atoms with Gasteiger partial charge in [0.15, 0.2) is 0 Å². The summed E-state index contributed by atoms with van der Waals surface area (Å²) in [6.45, 7) is 6.43. The van der Waals surface area contributed by atoms with Crippen LogP contribution in [-0.2, 0) is 11.8 Å². The van der Waals surface area contributed by atoms with Crippen LogP contribution in [-0.4, -0.2) is 23.1 Å². The lowest BCUT2D eigenvalue weighted by Gasteiger charge is -2.38. The standard InChI is InChI=1S/C20H26ClN3.ClH/c1-3-15(2)14-19-23-11-8-18(24-19)20(9-12-22-13-10-20)16-6-4-5-7-17(16)21;/h4-8,11,15,22H,3,9-10,12-14H2,1-2H3;1H. The Hall–Kier alpha value is -1.16. The van der Waals surface area contributed by atoms with Crippen molar-refractivity contribution >= 4 is 24.0 Å². The second kappa shape index (κ2) is 8.98. The molecule has 0 aliphatic carbocycles. The molecule has 1 unspecified atom stereocenters. The van der Waals surface area contributed by atoms with E-state index in [1.54, 1.807) is 0 Å². The predicted octanol–water partition coefficient (Wildman–Crippen LogP) is 4.81. The van der Waals surface area contributed by atoms with E-state index in [1.165, 1.54) is 5.56 Å². The van der Waals surface area contributed by atoms with E-state index in [0.29, 0.717) is 5.92 Å². The summed E-state index contributed by atoms with van der Waals surface area (Å²) in [5, 5.41) is 4.30. The van der Waals surface area contributed by atoms with E-state index in [0.717, 1.165) is 55.3 Å². The van der Waals surface area contributed by atoms with Crippen LogP contribution >= 0.6 is 24.0 Å². The van der Waals surface area contributed by atoms with Crippen molar-refractivity contribution < 1.29 is 0 Å². The fourth-order valence-corrected chi connectivity index (χ4v) is 3.90. The van der Waals surface area contributed by atoms with E-state index < -0.39 is 0 Å². The van der Waals surface area contributed by atoms with Gasteiger partial charge in [0.25, 0.3) is 0 Å². The Kier molecular flexibility index (Phi) is 7.24. The number of nitrogens with zero attached hydrogens (tertiary/aromatic N) is 2. The molecular weight excluding hydrogens is 353 g/mol. The zero-order chi connectivity index (χ0) is 17.0. The normalized spacial score (nSPS) is 17.6. The van der Waals surface area contributed by atoms with Crippen molar-refractivity contribution in [1.29, 1.82) is 0 Å². The van der Waals surface area contributed by atoms with Crippen LogP contribution in [0, 0.1) is 5.92 Å². The van der Waals surface area contributed by atoms with E-state index in [1.807, 2.05) is 18.3 Å². The molecule has 3 nitrogen and oxygen atoms in total. The molecule has 2 heterocycles. The average Bonchev–Trinajstić information content (AvgIpc) is 2.63. The molecule has 0 saturated carbocycles. The molecular formula is C20H27Cl2N3. The third kappa shape index (κ3) is 4.33. The zero-order valence-corrected chi connectivity index (χ0v) is 16.5. The fourth-order valence-electron chi connectivity index (χ4n) is 3.59. The molecule has 0 amide bonds. The van der Waals surface area contributed by atoms with Gasteiger partial charge in [-0.2, -0.15) is 0 Å². The second-order valence-electron chi connectivity index (χ2n) is 6.89. The molecule has 136 valence electrons. The number of hydrogen-bond donors (Lipinski definition) is 1. The molecule has 1 aliphatic rings. The van der Waals surface area contributed by atoms with Crippen LogP contribution in [0.25, 0.3) is 0 Å². The van der Waals surface area contributed by atoms with Crippen molar-refractivity contribution in [2.24, 2.45) is 5.92 Å². The zero-order valence-electron chi connectivity index (χ0n) is 15.0. The number of rotatable bonds is 5. The molecule has 2 aromatic rings. The molecule has 1 fully saturated rings. The summed E-state index contributed by atoms with van der Waals surface area (Å²) in [6, 6.07) is 10.3. The maximum Gasteiger partial charge on any atom is 0.128 e. The lowest BCUT2D eigenvalue weighted by molar-refractivity contribution is 0.352. The van der Waals surface area contributed by atoms with Crippen LogP contribution in [0.2, 0.25) is 5.02 Å². The van der Waals surface area contributed by atoms with Crippen molar-refractivity contribution in [3.05, 3.63) is 58.6 Å². The highest BCUT2D eigenvalue weighted by molar-refractivity contribution is 6.31. The van der Waals surface area contributed by atoms with Crippen LogP contribution in [0.15, 0.2) is 36.5 Å². The molecule has 0 bridgehead atoms. The third-order valence-corrected chi connectivity index (χ3v) is 5.60. The Balaban J connectivity index is 0.00000225. The second-order valence-corrected chi connectivity index (χ2v) is 7.29. The summed E-state index contributed by atoms with van der Waals surface area (Å²) in [5.74, 6) is 1.55. The summed E-state index contributed by atoms with van der Waals surface area (Å²) in [6.07, 6.45) is 6.02. The summed E-state index contributed by atoms with van der Waals surface area (Å²) in [4.78, 5) is 9.49. The minimum atomic E-state index is -0.114. The molecule has 1 aromatic heterocycles. The van der Waals surface area contributed by atoms with Crippen LogP contribution < -0.4 is 5.32 Å². The maximum absolute atomic E-state index is 6.58. The van der Waals surface area contributed by atoms with Crippen molar-refractivity contribution in [1.82, 2.24) is 15.3 Å². The summed E-state index contributed by atoms with van der Waals surface area (Å²) in [5.41, 5.74) is 2.20. The summed E-state index contributed by atoms with van der Waals surface area (Å²) < 4.78 is 0. The van der Waals surface area contributed by atoms with Gasteiger partial charge in [0.1, 0.15) is 5.82 Å². The first-order chi connectivity index (χ1) is 11.7. The van der Waals surface area contributed by atoms with E-state index in [2.05, 4.69) is 42.3 Å². The number of aromatic nitrogens is 2. The molecule has 3 rings (SSSR count). The van der Waals surface area contributed by atoms with Gasteiger partial charge in [-0.25, -0.2) is 9.97 Å². The first kappa shape index (κ1) is 20.2. The van der Waals surface area contributed by atoms with Gasteiger partial charge in [-0.15, -0.1) is 12.4 Å². The highest BCUT2D eigenvalue weighted by atomic mass is 35.5. The minimum absolute atomic E-state index is 0. The highest BCUT2D eigenvalue weighted by Gasteiger charge is 2.38. The number of halogens is 2. The van der Waals surface area contributed by atoms with E-state index >= 15 is 0 Å². The molecule has 1 N–H and O–H groups in total. The van der Waals surface area contributed by atoms with E-state index in [-0.39, 0.29) is 17.8 Å². The number of benzene rings is 1. The Bertz CT molecular complexity index is 684. The molecule has 1 saturated heterocycles. The van der Waals surface area contributed by atoms with Gasteiger partial charge < -0.3 is 5.32 Å². The molecule has 0 spiro atoms. The Morgan fingerprint density at radius 3 is 2.60 bits per heavy atom. The van der Waals surface area contributed by atoms with E-state index in [9.17, 15) is 0 Å². The number of piperidine rings is 1. The van der Waals surface area contributed by atoms with Crippen LogP contribution in [0.4, 0.5) is 0 Å². The molecule has 25 heavy (non-hydrogen) atoms. The molecule has 1 aliphatic heterocycles. The lowest BCUT2D eigenvalue weighted by Crippen LogP contribution is -2.41. The van der Waals surface area contributed by atoms with Crippen molar-refractivity contribution in [3.8, 4) is 0 Å². The first-order valence-corrected chi connectivity index (χ1v) is 9.31. The van der Waals surface area contributed by atoms with Gasteiger partial charge in [0.2, 0.25) is 0 Å². The third-order valence-electron chi connectivity index (χ3n) is 5.27. The van der Waals surface area contributed by atoms with Gasteiger partial charge in [0, 0.05) is 23.1 Å². The Morgan fingerprint density at radius 2 is 1.92 bits per heavy atom. The first-order valence-electron chi connectivity index (χ1n) is 8.94. The van der Waals surface area contributed by atoms with Crippen LogP contribution in [0.5, 0.6) is 0 Å². The molecule has 0 radical (unpaired) electrons. The summed E-state index contributed by atoms with van der Waals surface area (Å²) >= 11 is 6.58. The topological polar surface area (TPSA) is 37.8 Å². The Morgan fingerprint density at radius 1 is 1.20 bits per heavy atom. The van der Waals surface area contributed by atoms with Crippen molar-refractivity contribution in [3.63, 3.8) is 0 Å². The monoisotopic (exact) mass is 379 g/mol. The predicted molar refractivity (Wildman–Crippen MR) is 107 cm³/mol. The number of nitrogens with one attached hydrogen (secondary N) is 1. The lowest BCUT2D eigenvalue weighted by atomic mass is 9.70. The van der Waals surface area contributed by atoms with Gasteiger partial charge in [-0.05, 0) is 49.5 Å². The highest BCUT2D eigenvalue weighted by Crippen LogP contribution is 2.42. The van der Waals surface area contributed by atoms with Gasteiger partial charge in [0.05, 0.1) is 5.69 Å². The molecule has 1 atom stereocenters. The average molecular weight is 380 g/mol.